The number of hydrogen-bond donors (Lipinski definition) is 0. The van der Waals surface area contributed by atoms with Crippen molar-refractivity contribution in [1.29, 1.82) is 0 Å². The van der Waals surface area contributed by atoms with Crippen molar-refractivity contribution >= 4 is 23.5 Å². The van der Waals surface area contributed by atoms with Crippen molar-refractivity contribution in [1.82, 2.24) is 4.90 Å². The Morgan fingerprint density at radius 1 is 1.29 bits per heavy atom. The van der Waals surface area contributed by atoms with Gasteiger partial charge in [0.25, 0.3) is 11.9 Å². The average Bonchev–Trinajstić information content (AvgIpc) is 2.52. The topological polar surface area (TPSA) is 41.9 Å². The van der Waals surface area contributed by atoms with Gasteiger partial charge in [-0.15, -0.1) is 0 Å². The first-order valence-corrected chi connectivity index (χ1v) is 7.85. The first kappa shape index (κ1) is 15.8. The van der Waals surface area contributed by atoms with E-state index < -0.39 is 0 Å². The molecule has 2 rings (SSSR count). The Morgan fingerprint density at radius 3 is 2.67 bits per heavy atom. The lowest BCUT2D eigenvalue weighted by molar-refractivity contribution is 0.0992. The van der Waals surface area contributed by atoms with Gasteiger partial charge < -0.3 is 9.64 Å². The van der Waals surface area contributed by atoms with Crippen LogP contribution in [-0.4, -0.2) is 36.5 Å². The van der Waals surface area contributed by atoms with Gasteiger partial charge in [0, 0.05) is 13.1 Å². The van der Waals surface area contributed by atoms with Crippen LogP contribution >= 0.6 is 11.6 Å². The van der Waals surface area contributed by atoms with Crippen LogP contribution in [0.5, 0.6) is 0 Å². The number of amides is 1. The van der Waals surface area contributed by atoms with E-state index >= 15 is 0 Å². The maximum Gasteiger partial charge on any atom is 0.295 e. The molecule has 0 saturated carbocycles. The summed E-state index contributed by atoms with van der Waals surface area (Å²) in [5, 5.41) is 0.416. The number of piperidine rings is 1. The Bertz CT molecular complexity index is 511. The summed E-state index contributed by atoms with van der Waals surface area (Å²) in [5.74, 6) is -0.350. The Morgan fingerprint density at radius 2 is 2.00 bits per heavy atom. The van der Waals surface area contributed by atoms with Crippen molar-refractivity contribution < 1.29 is 9.53 Å². The molecule has 0 bridgehead atoms. The summed E-state index contributed by atoms with van der Waals surface area (Å²) in [6.45, 7) is 4.37. The van der Waals surface area contributed by atoms with Crippen LogP contribution in [0, 0.1) is 0 Å². The summed E-state index contributed by atoms with van der Waals surface area (Å²) in [6.07, 6.45) is 4.31. The molecule has 5 heteroatoms. The van der Waals surface area contributed by atoms with Crippen LogP contribution in [0.15, 0.2) is 29.3 Å². The fraction of sp³-hybridized carbons (Fsp3) is 0.500. The van der Waals surface area contributed by atoms with E-state index in [4.69, 9.17) is 16.3 Å². The molecule has 0 radical (unpaired) electrons. The van der Waals surface area contributed by atoms with Gasteiger partial charge in [0.15, 0.2) is 0 Å². The third kappa shape index (κ3) is 4.46. The lowest BCUT2D eigenvalue weighted by Crippen LogP contribution is -2.38. The van der Waals surface area contributed by atoms with Crippen molar-refractivity contribution in [2.24, 2.45) is 4.99 Å². The highest BCUT2D eigenvalue weighted by atomic mass is 35.5. The molecule has 0 aliphatic carbocycles. The van der Waals surface area contributed by atoms with Gasteiger partial charge >= 0.3 is 0 Å². The second-order valence-electron chi connectivity index (χ2n) is 5.08. The average molecular weight is 309 g/mol. The van der Waals surface area contributed by atoms with E-state index in [1.165, 1.54) is 6.42 Å². The van der Waals surface area contributed by atoms with Gasteiger partial charge in [-0.05, 0) is 37.8 Å². The molecule has 0 unspecified atom stereocenters. The van der Waals surface area contributed by atoms with E-state index in [1.807, 2.05) is 11.8 Å². The number of nitrogens with zero attached hydrogens (tertiary/aromatic N) is 2. The molecule has 0 atom stereocenters. The largest absolute Gasteiger partial charge is 0.465 e. The quantitative estimate of drug-likeness (QED) is 0.631. The molecule has 1 saturated heterocycles. The lowest BCUT2D eigenvalue weighted by atomic mass is 10.1. The van der Waals surface area contributed by atoms with Crippen LogP contribution in [0.3, 0.4) is 0 Å². The van der Waals surface area contributed by atoms with Gasteiger partial charge in [0.1, 0.15) is 0 Å². The Kier molecular flexibility index (Phi) is 6.05. The fourth-order valence-electron chi connectivity index (χ4n) is 2.25. The predicted molar refractivity (Wildman–Crippen MR) is 84.9 cm³/mol. The maximum absolute atomic E-state index is 12.3. The molecule has 0 N–H and O–H groups in total. The smallest absolute Gasteiger partial charge is 0.295 e. The van der Waals surface area contributed by atoms with Crippen molar-refractivity contribution in [3.63, 3.8) is 0 Å². The first-order chi connectivity index (χ1) is 10.2. The second kappa shape index (κ2) is 8.03. The molecule has 1 amide bonds. The van der Waals surface area contributed by atoms with Gasteiger partial charge in [-0.25, -0.2) is 0 Å². The molecule has 1 aliphatic heterocycles. The molecule has 1 fully saturated rings. The molecule has 114 valence electrons. The lowest BCUT2D eigenvalue weighted by Gasteiger charge is -2.28. The standard InChI is InChI=1S/C16H21ClN2O2/c1-2-12-21-16(19-10-6-3-7-11-19)18-15(20)13-8-4-5-9-14(13)17/h4-5,8-9H,2-3,6-7,10-12H2,1H3. The molecule has 4 nitrogen and oxygen atoms in total. The highest BCUT2D eigenvalue weighted by Gasteiger charge is 2.19. The monoisotopic (exact) mass is 308 g/mol. The van der Waals surface area contributed by atoms with E-state index in [9.17, 15) is 4.79 Å². The van der Waals surface area contributed by atoms with Crippen molar-refractivity contribution in [3.8, 4) is 0 Å². The highest BCUT2D eigenvalue weighted by Crippen LogP contribution is 2.17. The van der Waals surface area contributed by atoms with Gasteiger partial charge in [-0.2, -0.15) is 4.99 Å². The summed E-state index contributed by atoms with van der Waals surface area (Å²) in [6, 6.07) is 7.38. The summed E-state index contributed by atoms with van der Waals surface area (Å²) in [4.78, 5) is 18.5. The third-order valence-electron chi connectivity index (χ3n) is 3.36. The van der Waals surface area contributed by atoms with Gasteiger partial charge in [0.2, 0.25) is 0 Å². The van der Waals surface area contributed by atoms with E-state index in [-0.39, 0.29) is 5.91 Å². The second-order valence-corrected chi connectivity index (χ2v) is 5.48. The molecular weight excluding hydrogens is 288 g/mol. The van der Waals surface area contributed by atoms with Crippen LogP contribution in [0.2, 0.25) is 5.02 Å². The molecule has 1 aromatic carbocycles. The Balaban J connectivity index is 2.18. The van der Waals surface area contributed by atoms with E-state index in [2.05, 4.69) is 4.99 Å². The first-order valence-electron chi connectivity index (χ1n) is 7.47. The summed E-state index contributed by atoms with van der Waals surface area (Å²) >= 11 is 6.05. The number of ether oxygens (including phenoxy) is 1. The highest BCUT2D eigenvalue weighted by molar-refractivity contribution is 6.34. The van der Waals surface area contributed by atoms with Crippen LogP contribution in [0.25, 0.3) is 0 Å². The summed E-state index contributed by atoms with van der Waals surface area (Å²) in [7, 11) is 0. The number of rotatable bonds is 3. The predicted octanol–water partition coefficient (Wildman–Crippen LogP) is 3.75. The number of amidine groups is 1. The minimum atomic E-state index is -0.350. The molecule has 0 aromatic heterocycles. The zero-order chi connectivity index (χ0) is 15.1. The van der Waals surface area contributed by atoms with E-state index in [1.54, 1.807) is 24.3 Å². The summed E-state index contributed by atoms with van der Waals surface area (Å²) < 4.78 is 5.67. The van der Waals surface area contributed by atoms with Gasteiger partial charge in [-0.3, -0.25) is 4.79 Å². The number of aliphatic imine (C=N–C) groups is 1. The zero-order valence-corrected chi connectivity index (χ0v) is 13.1. The minimum Gasteiger partial charge on any atom is -0.465 e. The third-order valence-corrected chi connectivity index (χ3v) is 3.69. The zero-order valence-electron chi connectivity index (χ0n) is 12.3. The van der Waals surface area contributed by atoms with Crippen LogP contribution in [0.4, 0.5) is 0 Å². The number of carbonyl (C=O) groups is 1. The van der Waals surface area contributed by atoms with Gasteiger partial charge in [-0.1, -0.05) is 30.7 Å². The number of likely N-dealkylation sites (tertiary alicyclic amines) is 1. The van der Waals surface area contributed by atoms with Crippen LogP contribution in [-0.2, 0) is 4.74 Å². The Hall–Kier alpha value is -1.55. The van der Waals surface area contributed by atoms with Crippen LogP contribution < -0.4 is 0 Å². The van der Waals surface area contributed by atoms with E-state index in [0.29, 0.717) is 23.2 Å². The molecule has 1 aliphatic rings. The summed E-state index contributed by atoms with van der Waals surface area (Å²) in [5.41, 5.74) is 0.411. The number of carbonyl (C=O) groups excluding carboxylic acids is 1. The van der Waals surface area contributed by atoms with Gasteiger partial charge in [0.05, 0.1) is 17.2 Å². The molecular formula is C16H21ClN2O2. The number of benzene rings is 1. The Labute approximate surface area is 130 Å². The fourth-order valence-corrected chi connectivity index (χ4v) is 2.47. The molecule has 1 aromatic rings. The normalized spacial score (nSPS) is 15.9. The molecule has 1 heterocycles. The van der Waals surface area contributed by atoms with E-state index in [0.717, 1.165) is 32.4 Å². The molecule has 0 spiro atoms. The maximum atomic E-state index is 12.3. The number of hydrogen-bond acceptors (Lipinski definition) is 2. The van der Waals surface area contributed by atoms with Crippen molar-refractivity contribution in [2.45, 2.75) is 32.6 Å². The van der Waals surface area contributed by atoms with Crippen LogP contribution in [0.1, 0.15) is 43.0 Å². The van der Waals surface area contributed by atoms with Crippen molar-refractivity contribution in [3.05, 3.63) is 34.9 Å². The number of halogens is 1. The SMILES string of the molecule is CCCOC(=NC(=O)c1ccccc1Cl)N1CCCCC1. The van der Waals surface area contributed by atoms with Crippen molar-refractivity contribution in [2.75, 3.05) is 19.7 Å². The minimum absolute atomic E-state index is 0.350. The molecule has 21 heavy (non-hydrogen) atoms.